The number of hydrogen-bond donors (Lipinski definition) is 1. The summed E-state index contributed by atoms with van der Waals surface area (Å²) in [7, 11) is 0. The van der Waals surface area contributed by atoms with E-state index in [1.807, 2.05) is 24.3 Å². The molecular formula is C29H29NO2. The molecule has 0 aromatic heterocycles. The predicted molar refractivity (Wildman–Crippen MR) is 132 cm³/mol. The maximum atomic E-state index is 8.85. The number of para-hydroxylation sites is 2. The number of hydrogen-bond acceptors (Lipinski definition) is 3. The van der Waals surface area contributed by atoms with Gasteiger partial charge in [-0.15, -0.1) is 0 Å². The normalized spacial score (nSPS) is 10.7. The van der Waals surface area contributed by atoms with E-state index in [9.17, 15) is 0 Å². The number of benzene rings is 4. The minimum atomic E-state index is 0.158. The highest BCUT2D eigenvalue weighted by Gasteiger charge is 2.11. The summed E-state index contributed by atoms with van der Waals surface area (Å²) in [4.78, 5) is 2.28. The van der Waals surface area contributed by atoms with Gasteiger partial charge in [0.2, 0.25) is 0 Å². The monoisotopic (exact) mass is 423 g/mol. The van der Waals surface area contributed by atoms with Gasteiger partial charge in [-0.1, -0.05) is 60.7 Å². The molecule has 0 saturated carbocycles. The lowest BCUT2D eigenvalue weighted by Gasteiger charge is -2.25. The van der Waals surface area contributed by atoms with Gasteiger partial charge in [0.05, 0.1) is 6.61 Å². The zero-order chi connectivity index (χ0) is 22.0. The molecule has 0 atom stereocenters. The molecule has 1 N–H and O–H groups in total. The van der Waals surface area contributed by atoms with Gasteiger partial charge in [-0.3, -0.25) is 0 Å². The molecule has 0 saturated heterocycles. The molecule has 0 aliphatic rings. The number of aryl methyl sites for hydroxylation is 2. The average Bonchev–Trinajstić information content (AvgIpc) is 2.86. The molecule has 4 aromatic carbocycles. The second-order valence-electron chi connectivity index (χ2n) is 7.74. The smallest absolute Gasteiger partial charge is 0.119 e. The zero-order valence-electron chi connectivity index (χ0n) is 18.2. The fourth-order valence-corrected chi connectivity index (χ4v) is 3.71. The lowest BCUT2D eigenvalue weighted by atomic mass is 10.0. The molecule has 0 fully saturated rings. The van der Waals surface area contributed by atoms with Gasteiger partial charge in [0, 0.05) is 30.1 Å². The summed E-state index contributed by atoms with van der Waals surface area (Å²) in [6.45, 7) is 0.705. The van der Waals surface area contributed by atoms with Gasteiger partial charge in [0.1, 0.15) is 5.75 Å². The van der Waals surface area contributed by atoms with Crippen molar-refractivity contribution in [1.29, 1.82) is 0 Å². The van der Waals surface area contributed by atoms with Crippen molar-refractivity contribution in [3.05, 3.63) is 120 Å². The quantitative estimate of drug-likeness (QED) is 0.288. The Morgan fingerprint density at radius 3 is 1.53 bits per heavy atom. The van der Waals surface area contributed by atoms with E-state index in [0.29, 0.717) is 13.0 Å². The highest BCUT2D eigenvalue weighted by molar-refractivity contribution is 5.76. The number of aliphatic hydroxyl groups excluding tert-OH is 1. The van der Waals surface area contributed by atoms with E-state index in [-0.39, 0.29) is 6.61 Å². The predicted octanol–water partition coefficient (Wildman–Crippen LogP) is 6.70. The summed E-state index contributed by atoms with van der Waals surface area (Å²) < 4.78 is 5.61. The molecular weight excluding hydrogens is 394 g/mol. The van der Waals surface area contributed by atoms with Crippen molar-refractivity contribution in [3.63, 3.8) is 0 Å². The summed E-state index contributed by atoms with van der Waals surface area (Å²) >= 11 is 0. The SMILES string of the molecule is OCCCOc1ccc(CCc2ccc(N(c3ccccc3)c3ccccc3)cc2)cc1. The van der Waals surface area contributed by atoms with E-state index in [4.69, 9.17) is 9.84 Å². The van der Waals surface area contributed by atoms with Gasteiger partial charge in [-0.2, -0.15) is 0 Å². The van der Waals surface area contributed by atoms with Crippen molar-refractivity contribution in [1.82, 2.24) is 0 Å². The van der Waals surface area contributed by atoms with Gasteiger partial charge in [-0.25, -0.2) is 0 Å². The number of rotatable bonds is 10. The molecule has 0 radical (unpaired) electrons. The van der Waals surface area contributed by atoms with Gasteiger partial charge < -0.3 is 14.7 Å². The standard InChI is InChI=1S/C29H29NO2/c31-22-7-23-32-29-20-16-25(17-21-29)13-12-24-14-18-28(19-15-24)30(26-8-3-1-4-9-26)27-10-5-2-6-11-27/h1-6,8-11,14-21,31H,7,12-13,22-23H2. The Hall–Kier alpha value is -3.56. The first kappa shape index (κ1) is 21.7. The first-order valence-corrected chi connectivity index (χ1v) is 11.2. The van der Waals surface area contributed by atoms with Crippen LogP contribution in [0, 0.1) is 0 Å². The first-order chi connectivity index (χ1) is 15.8. The molecule has 0 aliphatic heterocycles. The van der Waals surface area contributed by atoms with Crippen LogP contribution in [0.3, 0.4) is 0 Å². The maximum absolute atomic E-state index is 8.85. The molecule has 162 valence electrons. The Labute approximate surface area is 190 Å². The second-order valence-corrected chi connectivity index (χ2v) is 7.74. The van der Waals surface area contributed by atoms with Crippen LogP contribution in [0.5, 0.6) is 5.75 Å². The number of anilines is 3. The van der Waals surface area contributed by atoms with Crippen molar-refractivity contribution in [2.45, 2.75) is 19.3 Å². The second kappa shape index (κ2) is 11.2. The van der Waals surface area contributed by atoms with Gasteiger partial charge in [0.15, 0.2) is 0 Å². The summed E-state index contributed by atoms with van der Waals surface area (Å²) in [6.07, 6.45) is 2.63. The lowest BCUT2D eigenvalue weighted by Crippen LogP contribution is -2.09. The summed E-state index contributed by atoms with van der Waals surface area (Å²) in [6, 6.07) is 38.0. The zero-order valence-corrected chi connectivity index (χ0v) is 18.2. The Kier molecular flexibility index (Phi) is 7.56. The van der Waals surface area contributed by atoms with E-state index in [1.54, 1.807) is 0 Å². The number of ether oxygens (including phenoxy) is 1. The van der Waals surface area contributed by atoms with Crippen molar-refractivity contribution in [2.75, 3.05) is 18.1 Å². The fourth-order valence-electron chi connectivity index (χ4n) is 3.71. The molecule has 0 heterocycles. The Morgan fingerprint density at radius 2 is 1.03 bits per heavy atom. The van der Waals surface area contributed by atoms with Crippen LogP contribution < -0.4 is 9.64 Å². The van der Waals surface area contributed by atoms with Crippen LogP contribution in [0.15, 0.2) is 109 Å². The van der Waals surface area contributed by atoms with E-state index in [0.717, 1.165) is 35.7 Å². The highest BCUT2D eigenvalue weighted by Crippen LogP contribution is 2.34. The fraction of sp³-hybridized carbons (Fsp3) is 0.172. The summed E-state index contributed by atoms with van der Waals surface area (Å²) in [5.41, 5.74) is 6.05. The van der Waals surface area contributed by atoms with Crippen LogP contribution in [0.2, 0.25) is 0 Å². The Morgan fingerprint density at radius 1 is 0.562 bits per heavy atom. The van der Waals surface area contributed by atoms with E-state index < -0.39 is 0 Å². The minimum absolute atomic E-state index is 0.158. The topological polar surface area (TPSA) is 32.7 Å². The molecule has 32 heavy (non-hydrogen) atoms. The van der Waals surface area contributed by atoms with Crippen LogP contribution in [-0.2, 0) is 12.8 Å². The largest absolute Gasteiger partial charge is 0.494 e. The van der Waals surface area contributed by atoms with E-state index >= 15 is 0 Å². The van der Waals surface area contributed by atoms with Crippen molar-refractivity contribution in [3.8, 4) is 5.75 Å². The van der Waals surface area contributed by atoms with Crippen molar-refractivity contribution < 1.29 is 9.84 Å². The third-order valence-electron chi connectivity index (χ3n) is 5.42. The highest BCUT2D eigenvalue weighted by atomic mass is 16.5. The van der Waals surface area contributed by atoms with Crippen LogP contribution in [0.4, 0.5) is 17.1 Å². The van der Waals surface area contributed by atoms with Crippen LogP contribution in [0.1, 0.15) is 17.5 Å². The molecule has 3 heteroatoms. The summed E-state index contributed by atoms with van der Waals surface area (Å²) in [5, 5.41) is 8.85. The number of nitrogens with zero attached hydrogens (tertiary/aromatic N) is 1. The van der Waals surface area contributed by atoms with Gasteiger partial charge >= 0.3 is 0 Å². The molecule has 0 aliphatic carbocycles. The Balaban J connectivity index is 1.43. The average molecular weight is 424 g/mol. The third kappa shape index (κ3) is 5.77. The van der Waals surface area contributed by atoms with E-state index in [1.165, 1.54) is 11.1 Å². The number of aliphatic hydroxyl groups is 1. The summed E-state index contributed by atoms with van der Waals surface area (Å²) in [5.74, 6) is 0.855. The lowest BCUT2D eigenvalue weighted by molar-refractivity contribution is 0.233. The molecule has 4 aromatic rings. The Bertz CT molecular complexity index is 1020. The molecule has 0 spiro atoms. The molecule has 0 bridgehead atoms. The molecule has 0 unspecified atom stereocenters. The first-order valence-electron chi connectivity index (χ1n) is 11.2. The third-order valence-corrected chi connectivity index (χ3v) is 5.42. The van der Waals surface area contributed by atoms with Crippen molar-refractivity contribution >= 4 is 17.1 Å². The van der Waals surface area contributed by atoms with Crippen LogP contribution in [0.25, 0.3) is 0 Å². The van der Waals surface area contributed by atoms with Crippen LogP contribution >= 0.6 is 0 Å². The van der Waals surface area contributed by atoms with Crippen LogP contribution in [-0.4, -0.2) is 18.3 Å². The molecule has 0 amide bonds. The van der Waals surface area contributed by atoms with Gasteiger partial charge in [0.25, 0.3) is 0 Å². The molecule has 4 rings (SSSR count). The minimum Gasteiger partial charge on any atom is -0.494 e. The molecule has 3 nitrogen and oxygen atoms in total. The maximum Gasteiger partial charge on any atom is 0.119 e. The van der Waals surface area contributed by atoms with E-state index in [2.05, 4.69) is 89.8 Å². The van der Waals surface area contributed by atoms with Gasteiger partial charge in [-0.05, 0) is 72.5 Å². The van der Waals surface area contributed by atoms with Crippen molar-refractivity contribution in [2.24, 2.45) is 0 Å².